The van der Waals surface area contributed by atoms with Crippen LogP contribution in [0.15, 0.2) is 24.3 Å². The molecule has 0 atom stereocenters. The summed E-state index contributed by atoms with van der Waals surface area (Å²) in [6.45, 7) is 1.41. The zero-order chi connectivity index (χ0) is 15.6. The number of benzene rings is 1. The molecule has 0 spiro atoms. The third-order valence-corrected chi connectivity index (χ3v) is 4.10. The van der Waals surface area contributed by atoms with Crippen molar-refractivity contribution in [3.05, 3.63) is 29.8 Å². The highest BCUT2D eigenvalue weighted by atomic mass is 16.5. The molecular weight excluding hydrogens is 278 g/mol. The minimum Gasteiger partial charge on any atom is -0.508 e. The van der Waals surface area contributed by atoms with Crippen molar-refractivity contribution in [3.8, 4) is 5.75 Å². The second kappa shape index (κ2) is 9.46. The fourth-order valence-corrected chi connectivity index (χ4v) is 2.84. The van der Waals surface area contributed by atoms with Crippen LogP contribution >= 0.6 is 0 Å². The van der Waals surface area contributed by atoms with E-state index in [0.717, 1.165) is 18.6 Å². The van der Waals surface area contributed by atoms with E-state index >= 15 is 0 Å². The number of aryl methyl sites for hydroxylation is 1. The maximum atomic E-state index is 11.8. The van der Waals surface area contributed by atoms with E-state index in [9.17, 15) is 9.90 Å². The van der Waals surface area contributed by atoms with Gasteiger partial charge >= 0.3 is 0 Å². The SMILES string of the molecule is O=C(CCc1cccc(O)c1)NCCCOC1CCCCC1. The van der Waals surface area contributed by atoms with E-state index in [-0.39, 0.29) is 11.7 Å². The lowest BCUT2D eigenvalue weighted by atomic mass is 9.98. The molecule has 4 nitrogen and oxygen atoms in total. The number of aromatic hydroxyl groups is 1. The Morgan fingerprint density at radius 1 is 1.27 bits per heavy atom. The first-order valence-electron chi connectivity index (χ1n) is 8.40. The van der Waals surface area contributed by atoms with Gasteiger partial charge < -0.3 is 15.2 Å². The Morgan fingerprint density at radius 2 is 2.09 bits per heavy atom. The van der Waals surface area contributed by atoms with Crippen molar-refractivity contribution in [3.63, 3.8) is 0 Å². The molecule has 1 aliphatic carbocycles. The molecule has 0 unspecified atom stereocenters. The molecule has 0 saturated heterocycles. The molecule has 22 heavy (non-hydrogen) atoms. The van der Waals surface area contributed by atoms with E-state index in [4.69, 9.17) is 4.74 Å². The average Bonchev–Trinajstić information content (AvgIpc) is 2.54. The standard InChI is InChI=1S/C18H27NO3/c20-16-7-4-6-15(14-16)10-11-18(21)19-12-5-13-22-17-8-2-1-3-9-17/h4,6-7,14,17,20H,1-3,5,8-13H2,(H,19,21). The van der Waals surface area contributed by atoms with Crippen LogP contribution in [-0.4, -0.2) is 30.3 Å². The van der Waals surface area contributed by atoms with E-state index in [1.807, 2.05) is 6.07 Å². The predicted molar refractivity (Wildman–Crippen MR) is 86.9 cm³/mol. The molecule has 0 radical (unpaired) electrons. The van der Waals surface area contributed by atoms with E-state index in [1.165, 1.54) is 32.1 Å². The third kappa shape index (κ3) is 6.48. The van der Waals surface area contributed by atoms with Crippen molar-refractivity contribution in [1.82, 2.24) is 5.32 Å². The lowest BCUT2D eigenvalue weighted by Gasteiger charge is -2.21. The number of carbonyl (C=O) groups is 1. The van der Waals surface area contributed by atoms with Gasteiger partial charge in [0.05, 0.1) is 6.10 Å². The Balaban J connectivity index is 1.50. The van der Waals surface area contributed by atoms with Crippen molar-refractivity contribution >= 4 is 5.91 Å². The first-order chi connectivity index (χ1) is 10.7. The number of hydrogen-bond donors (Lipinski definition) is 2. The Labute approximate surface area is 132 Å². The van der Waals surface area contributed by atoms with Crippen LogP contribution < -0.4 is 5.32 Å². The van der Waals surface area contributed by atoms with Crippen LogP contribution in [0.5, 0.6) is 5.75 Å². The highest BCUT2D eigenvalue weighted by Crippen LogP contribution is 2.20. The van der Waals surface area contributed by atoms with Gasteiger partial charge in [0.1, 0.15) is 5.75 Å². The second-order valence-electron chi connectivity index (χ2n) is 6.00. The summed E-state index contributed by atoms with van der Waals surface area (Å²) < 4.78 is 5.83. The van der Waals surface area contributed by atoms with Crippen LogP contribution in [-0.2, 0) is 16.0 Å². The van der Waals surface area contributed by atoms with E-state index in [0.29, 0.717) is 25.5 Å². The van der Waals surface area contributed by atoms with Gasteiger partial charge in [-0.15, -0.1) is 0 Å². The van der Waals surface area contributed by atoms with Gasteiger partial charge in [0.15, 0.2) is 0 Å². The molecule has 0 aromatic heterocycles. The fraction of sp³-hybridized carbons (Fsp3) is 0.611. The maximum absolute atomic E-state index is 11.8. The van der Waals surface area contributed by atoms with Gasteiger partial charge in [-0.25, -0.2) is 0 Å². The van der Waals surface area contributed by atoms with Crippen LogP contribution in [0, 0.1) is 0 Å². The van der Waals surface area contributed by atoms with Crippen LogP contribution in [0.4, 0.5) is 0 Å². The number of ether oxygens (including phenoxy) is 1. The van der Waals surface area contributed by atoms with E-state index in [2.05, 4.69) is 5.32 Å². The number of nitrogens with one attached hydrogen (secondary N) is 1. The minimum atomic E-state index is 0.0565. The summed E-state index contributed by atoms with van der Waals surface area (Å²) >= 11 is 0. The predicted octanol–water partition coefficient (Wildman–Crippen LogP) is 3.18. The van der Waals surface area contributed by atoms with Gasteiger partial charge in [-0.3, -0.25) is 4.79 Å². The summed E-state index contributed by atoms with van der Waals surface area (Å²) in [6, 6.07) is 7.05. The van der Waals surface area contributed by atoms with Crippen molar-refractivity contribution in [2.75, 3.05) is 13.2 Å². The zero-order valence-corrected chi connectivity index (χ0v) is 13.2. The molecule has 1 aromatic rings. The molecule has 1 amide bonds. The summed E-state index contributed by atoms with van der Waals surface area (Å²) in [7, 11) is 0. The van der Waals surface area contributed by atoms with Crippen molar-refractivity contribution < 1.29 is 14.6 Å². The van der Waals surface area contributed by atoms with Gasteiger partial charge in [-0.05, 0) is 43.4 Å². The lowest BCUT2D eigenvalue weighted by molar-refractivity contribution is -0.121. The molecule has 1 aromatic carbocycles. The first kappa shape index (κ1) is 16.8. The monoisotopic (exact) mass is 305 g/mol. The molecule has 0 aliphatic heterocycles. The van der Waals surface area contributed by atoms with Gasteiger partial charge in [0.25, 0.3) is 0 Å². The minimum absolute atomic E-state index is 0.0565. The Bertz CT molecular complexity index is 455. The Kier molecular flexibility index (Phi) is 7.23. The highest BCUT2D eigenvalue weighted by molar-refractivity contribution is 5.76. The van der Waals surface area contributed by atoms with Crippen LogP contribution in [0.3, 0.4) is 0 Å². The van der Waals surface area contributed by atoms with Crippen molar-refractivity contribution in [2.45, 2.75) is 57.5 Å². The summed E-state index contributed by atoms with van der Waals surface area (Å²) in [4.78, 5) is 11.8. The van der Waals surface area contributed by atoms with E-state index < -0.39 is 0 Å². The number of phenolic OH excluding ortho intramolecular Hbond substituents is 1. The number of hydrogen-bond acceptors (Lipinski definition) is 3. The smallest absolute Gasteiger partial charge is 0.220 e. The number of phenols is 1. The number of carbonyl (C=O) groups excluding carboxylic acids is 1. The molecule has 1 fully saturated rings. The molecule has 0 heterocycles. The molecular formula is C18H27NO3. The number of rotatable bonds is 8. The molecule has 122 valence electrons. The molecule has 0 bridgehead atoms. The van der Waals surface area contributed by atoms with E-state index in [1.54, 1.807) is 18.2 Å². The summed E-state index contributed by atoms with van der Waals surface area (Å²) in [5.41, 5.74) is 0.982. The van der Waals surface area contributed by atoms with Crippen LogP contribution in [0.2, 0.25) is 0 Å². The van der Waals surface area contributed by atoms with Crippen molar-refractivity contribution in [1.29, 1.82) is 0 Å². The molecule has 2 rings (SSSR count). The van der Waals surface area contributed by atoms with Crippen LogP contribution in [0.1, 0.15) is 50.5 Å². The van der Waals surface area contributed by atoms with Gasteiger partial charge in [0, 0.05) is 19.6 Å². The first-order valence-corrected chi connectivity index (χ1v) is 8.40. The Hall–Kier alpha value is -1.55. The summed E-state index contributed by atoms with van der Waals surface area (Å²) in [6.07, 6.45) is 8.71. The normalized spacial score (nSPS) is 15.6. The maximum Gasteiger partial charge on any atom is 0.220 e. The van der Waals surface area contributed by atoms with Crippen LogP contribution in [0.25, 0.3) is 0 Å². The topological polar surface area (TPSA) is 58.6 Å². The number of amides is 1. The van der Waals surface area contributed by atoms with Gasteiger partial charge in [-0.1, -0.05) is 31.4 Å². The average molecular weight is 305 g/mol. The lowest BCUT2D eigenvalue weighted by Crippen LogP contribution is -2.26. The molecule has 1 aliphatic rings. The molecule has 4 heteroatoms. The second-order valence-corrected chi connectivity index (χ2v) is 6.00. The Morgan fingerprint density at radius 3 is 2.86 bits per heavy atom. The van der Waals surface area contributed by atoms with Crippen molar-refractivity contribution in [2.24, 2.45) is 0 Å². The highest BCUT2D eigenvalue weighted by Gasteiger charge is 2.13. The quantitative estimate of drug-likeness (QED) is 0.725. The van der Waals surface area contributed by atoms with Gasteiger partial charge in [0.2, 0.25) is 5.91 Å². The molecule has 1 saturated carbocycles. The van der Waals surface area contributed by atoms with Gasteiger partial charge in [-0.2, -0.15) is 0 Å². The zero-order valence-electron chi connectivity index (χ0n) is 13.2. The fourth-order valence-electron chi connectivity index (χ4n) is 2.84. The third-order valence-electron chi connectivity index (χ3n) is 4.10. The largest absolute Gasteiger partial charge is 0.508 e. The molecule has 2 N–H and O–H groups in total. The summed E-state index contributed by atoms with van der Waals surface area (Å²) in [5.74, 6) is 0.304. The summed E-state index contributed by atoms with van der Waals surface area (Å²) in [5, 5.41) is 12.3.